The Kier molecular flexibility index (Phi) is 3.25. The van der Waals surface area contributed by atoms with Crippen LogP contribution >= 0.6 is 0 Å². The van der Waals surface area contributed by atoms with E-state index in [0.717, 1.165) is 25.2 Å². The first-order chi connectivity index (χ1) is 7.65. The lowest BCUT2D eigenvalue weighted by atomic mass is 10.2. The van der Waals surface area contributed by atoms with Gasteiger partial charge in [0.1, 0.15) is 12.2 Å². The molecule has 1 saturated carbocycles. The van der Waals surface area contributed by atoms with E-state index in [1.807, 2.05) is 4.68 Å². The van der Waals surface area contributed by atoms with E-state index in [4.69, 9.17) is 0 Å². The van der Waals surface area contributed by atoms with Gasteiger partial charge in [0.15, 0.2) is 0 Å². The SMILES string of the molecule is CC(C)Cn1ncnc1CNC1(CO)CC1. The number of aromatic nitrogens is 3. The Balaban J connectivity index is 1.91. The Morgan fingerprint density at radius 1 is 1.56 bits per heavy atom. The number of nitrogens with one attached hydrogen (secondary N) is 1. The molecular weight excluding hydrogens is 204 g/mol. The smallest absolute Gasteiger partial charge is 0.140 e. The maximum absolute atomic E-state index is 9.19. The highest BCUT2D eigenvalue weighted by Gasteiger charge is 2.41. The maximum Gasteiger partial charge on any atom is 0.140 e. The van der Waals surface area contributed by atoms with Gasteiger partial charge in [-0.25, -0.2) is 9.67 Å². The summed E-state index contributed by atoms with van der Waals surface area (Å²) in [5.41, 5.74) is -0.0331. The van der Waals surface area contributed by atoms with E-state index in [0.29, 0.717) is 12.5 Å². The zero-order chi connectivity index (χ0) is 11.6. The lowest BCUT2D eigenvalue weighted by molar-refractivity contribution is 0.228. The second kappa shape index (κ2) is 4.51. The van der Waals surface area contributed by atoms with E-state index in [2.05, 4.69) is 29.2 Å². The average molecular weight is 224 g/mol. The van der Waals surface area contributed by atoms with Crippen molar-refractivity contribution in [3.05, 3.63) is 12.2 Å². The van der Waals surface area contributed by atoms with Gasteiger partial charge in [0.25, 0.3) is 0 Å². The van der Waals surface area contributed by atoms with Gasteiger partial charge in [-0.15, -0.1) is 0 Å². The van der Waals surface area contributed by atoms with E-state index >= 15 is 0 Å². The largest absolute Gasteiger partial charge is 0.394 e. The predicted molar refractivity (Wildman–Crippen MR) is 60.8 cm³/mol. The van der Waals surface area contributed by atoms with Crippen LogP contribution in [0, 0.1) is 5.92 Å². The fourth-order valence-electron chi connectivity index (χ4n) is 1.73. The number of aliphatic hydroxyl groups is 1. The molecule has 2 N–H and O–H groups in total. The number of aliphatic hydroxyl groups excluding tert-OH is 1. The third-order valence-electron chi connectivity index (χ3n) is 3.01. The van der Waals surface area contributed by atoms with Gasteiger partial charge in [-0.1, -0.05) is 13.8 Å². The molecule has 0 bridgehead atoms. The normalized spacial score (nSPS) is 18.0. The van der Waals surface area contributed by atoms with Crippen molar-refractivity contribution in [2.75, 3.05) is 6.61 Å². The zero-order valence-corrected chi connectivity index (χ0v) is 9.98. The van der Waals surface area contributed by atoms with Crippen molar-refractivity contribution in [2.45, 2.75) is 45.3 Å². The van der Waals surface area contributed by atoms with Gasteiger partial charge in [0.05, 0.1) is 13.2 Å². The Bertz CT molecular complexity index is 344. The van der Waals surface area contributed by atoms with Crippen LogP contribution in [0.4, 0.5) is 0 Å². The van der Waals surface area contributed by atoms with Crippen LogP contribution in [-0.4, -0.2) is 32.0 Å². The molecular formula is C11H20N4O. The van der Waals surface area contributed by atoms with E-state index in [9.17, 15) is 5.11 Å². The first-order valence-corrected chi connectivity index (χ1v) is 5.88. The van der Waals surface area contributed by atoms with Crippen molar-refractivity contribution in [3.8, 4) is 0 Å². The summed E-state index contributed by atoms with van der Waals surface area (Å²) in [4.78, 5) is 4.24. The fourth-order valence-corrected chi connectivity index (χ4v) is 1.73. The van der Waals surface area contributed by atoms with Crippen LogP contribution in [0.1, 0.15) is 32.5 Å². The Hall–Kier alpha value is -0.940. The second-order valence-electron chi connectivity index (χ2n) is 5.04. The lowest BCUT2D eigenvalue weighted by Gasteiger charge is -2.14. The van der Waals surface area contributed by atoms with Gasteiger partial charge in [-0.2, -0.15) is 5.10 Å². The van der Waals surface area contributed by atoms with Crippen LogP contribution in [-0.2, 0) is 13.1 Å². The van der Waals surface area contributed by atoms with Crippen molar-refractivity contribution in [3.63, 3.8) is 0 Å². The molecule has 0 spiro atoms. The molecule has 1 aliphatic carbocycles. The minimum absolute atomic E-state index is 0.0331. The number of nitrogens with zero attached hydrogens (tertiary/aromatic N) is 3. The van der Waals surface area contributed by atoms with Gasteiger partial charge in [0, 0.05) is 12.1 Å². The fraction of sp³-hybridized carbons (Fsp3) is 0.818. The molecule has 1 heterocycles. The van der Waals surface area contributed by atoms with E-state index in [1.165, 1.54) is 0 Å². The monoisotopic (exact) mass is 224 g/mol. The zero-order valence-electron chi connectivity index (χ0n) is 9.98. The van der Waals surface area contributed by atoms with E-state index in [1.54, 1.807) is 6.33 Å². The number of hydrogen-bond donors (Lipinski definition) is 2. The molecule has 1 fully saturated rings. The molecule has 0 unspecified atom stereocenters. The molecule has 16 heavy (non-hydrogen) atoms. The van der Waals surface area contributed by atoms with Crippen LogP contribution in [0.3, 0.4) is 0 Å². The van der Waals surface area contributed by atoms with Crippen LogP contribution in [0.25, 0.3) is 0 Å². The Labute approximate surface area is 95.9 Å². The minimum atomic E-state index is -0.0331. The number of rotatable bonds is 6. The van der Waals surface area contributed by atoms with Crippen LogP contribution < -0.4 is 5.32 Å². The van der Waals surface area contributed by atoms with Gasteiger partial charge in [0.2, 0.25) is 0 Å². The molecule has 0 aliphatic heterocycles. The molecule has 1 aliphatic rings. The first-order valence-electron chi connectivity index (χ1n) is 5.88. The minimum Gasteiger partial charge on any atom is -0.394 e. The molecule has 0 amide bonds. The predicted octanol–water partition coefficient (Wildman–Crippen LogP) is 0.549. The molecule has 0 atom stereocenters. The highest BCUT2D eigenvalue weighted by atomic mass is 16.3. The first kappa shape index (κ1) is 11.5. The van der Waals surface area contributed by atoms with Crippen molar-refractivity contribution in [2.24, 2.45) is 5.92 Å². The highest BCUT2D eigenvalue weighted by molar-refractivity contribution is 5.02. The quantitative estimate of drug-likeness (QED) is 0.740. The average Bonchev–Trinajstić information content (AvgIpc) is 2.91. The van der Waals surface area contributed by atoms with Gasteiger partial charge in [-0.05, 0) is 18.8 Å². The summed E-state index contributed by atoms with van der Waals surface area (Å²) in [5.74, 6) is 1.52. The second-order valence-corrected chi connectivity index (χ2v) is 5.04. The summed E-state index contributed by atoms with van der Waals surface area (Å²) >= 11 is 0. The van der Waals surface area contributed by atoms with Crippen molar-refractivity contribution in [1.29, 1.82) is 0 Å². The molecule has 1 aromatic rings. The highest BCUT2D eigenvalue weighted by Crippen LogP contribution is 2.34. The summed E-state index contributed by atoms with van der Waals surface area (Å²) in [6, 6.07) is 0. The molecule has 2 rings (SSSR count). The summed E-state index contributed by atoms with van der Waals surface area (Å²) in [6.07, 6.45) is 3.71. The van der Waals surface area contributed by atoms with Gasteiger partial charge < -0.3 is 10.4 Å². The third-order valence-corrected chi connectivity index (χ3v) is 3.01. The molecule has 5 heteroatoms. The third kappa shape index (κ3) is 2.59. The van der Waals surface area contributed by atoms with Crippen LogP contribution in [0.2, 0.25) is 0 Å². The molecule has 0 aromatic carbocycles. The van der Waals surface area contributed by atoms with Crippen molar-refractivity contribution in [1.82, 2.24) is 20.1 Å². The number of hydrogen-bond acceptors (Lipinski definition) is 4. The maximum atomic E-state index is 9.19. The molecule has 5 nitrogen and oxygen atoms in total. The summed E-state index contributed by atoms with van der Waals surface area (Å²) < 4.78 is 1.94. The Morgan fingerprint density at radius 2 is 2.31 bits per heavy atom. The van der Waals surface area contributed by atoms with Crippen LogP contribution in [0.5, 0.6) is 0 Å². The van der Waals surface area contributed by atoms with E-state index in [-0.39, 0.29) is 12.1 Å². The van der Waals surface area contributed by atoms with Crippen molar-refractivity contribution >= 4 is 0 Å². The molecule has 0 radical (unpaired) electrons. The van der Waals surface area contributed by atoms with Crippen molar-refractivity contribution < 1.29 is 5.11 Å². The Morgan fingerprint density at radius 3 is 2.88 bits per heavy atom. The summed E-state index contributed by atoms with van der Waals surface area (Å²) in [6.45, 7) is 6.12. The molecule has 0 saturated heterocycles. The topological polar surface area (TPSA) is 63.0 Å². The van der Waals surface area contributed by atoms with Crippen LogP contribution in [0.15, 0.2) is 6.33 Å². The van der Waals surface area contributed by atoms with E-state index < -0.39 is 0 Å². The van der Waals surface area contributed by atoms with Gasteiger partial charge >= 0.3 is 0 Å². The molecule has 1 aromatic heterocycles. The summed E-state index contributed by atoms with van der Waals surface area (Å²) in [7, 11) is 0. The summed E-state index contributed by atoms with van der Waals surface area (Å²) in [5, 5.41) is 16.8. The molecule has 90 valence electrons. The van der Waals surface area contributed by atoms with Gasteiger partial charge in [-0.3, -0.25) is 0 Å². The standard InChI is InChI=1S/C11H20N4O/c1-9(2)6-15-10(12-8-14-15)5-13-11(7-16)3-4-11/h8-9,13,16H,3-7H2,1-2H3. The lowest BCUT2D eigenvalue weighted by Crippen LogP contribution is -2.35.